The third-order valence-electron chi connectivity index (χ3n) is 5.32. The Morgan fingerprint density at radius 1 is 1.14 bits per heavy atom. The summed E-state index contributed by atoms with van der Waals surface area (Å²) >= 11 is 0. The van der Waals surface area contributed by atoms with Gasteiger partial charge in [-0.3, -0.25) is 0 Å². The number of rotatable bonds is 2. The zero-order chi connectivity index (χ0) is 14.3. The van der Waals surface area contributed by atoms with Crippen LogP contribution in [0.4, 0.5) is 0 Å². The molecule has 1 aliphatic carbocycles. The van der Waals surface area contributed by atoms with Gasteiger partial charge in [0.2, 0.25) is 0 Å². The van der Waals surface area contributed by atoms with E-state index in [1.165, 1.54) is 41.2 Å². The summed E-state index contributed by atoms with van der Waals surface area (Å²) in [6, 6.07) is 13.4. The highest BCUT2D eigenvalue weighted by Gasteiger charge is 2.40. The van der Waals surface area contributed by atoms with E-state index in [1.807, 2.05) is 0 Å². The fourth-order valence-corrected chi connectivity index (χ4v) is 5.93. The van der Waals surface area contributed by atoms with E-state index in [9.17, 15) is 0 Å². The van der Waals surface area contributed by atoms with Crippen molar-refractivity contribution < 1.29 is 4.74 Å². The second-order valence-electron chi connectivity index (χ2n) is 6.35. The number of hydrogen-bond acceptors (Lipinski definition) is 1. The van der Waals surface area contributed by atoms with Crippen LogP contribution in [0.3, 0.4) is 0 Å². The predicted molar refractivity (Wildman–Crippen MR) is 92.7 cm³/mol. The lowest BCUT2D eigenvalue weighted by Crippen LogP contribution is -2.46. The fraction of sp³-hybridized carbons (Fsp3) is 0.368. The Bertz CT molecular complexity index is 693. The van der Waals surface area contributed by atoms with E-state index in [1.54, 1.807) is 0 Å². The van der Waals surface area contributed by atoms with E-state index in [0.29, 0.717) is 5.92 Å². The molecule has 1 heterocycles. The van der Waals surface area contributed by atoms with Crippen molar-refractivity contribution in [2.75, 3.05) is 6.61 Å². The van der Waals surface area contributed by atoms with Crippen LogP contribution < -0.4 is 0 Å². The molecule has 0 N–H and O–H groups in total. The van der Waals surface area contributed by atoms with Crippen LogP contribution in [0.5, 0.6) is 0 Å². The molecule has 1 aliphatic heterocycles. The molecule has 0 bridgehead atoms. The van der Waals surface area contributed by atoms with Crippen molar-refractivity contribution in [1.29, 1.82) is 0 Å². The van der Waals surface area contributed by atoms with Gasteiger partial charge in [-0.25, -0.2) is 0 Å². The molecule has 21 heavy (non-hydrogen) atoms. The van der Waals surface area contributed by atoms with Crippen molar-refractivity contribution in [3.63, 3.8) is 0 Å². The highest BCUT2D eigenvalue weighted by molar-refractivity contribution is 6.38. The standard InChI is InChI=1S/C19H22OSi/c1-21-19(12-2-3-13-20-19)17-11-10-15-7-4-6-14-8-5-9-16(17)18(14)15/h4-11,17H,2-3,12-13,21H2,1H3. The molecule has 4 rings (SSSR count). The van der Waals surface area contributed by atoms with Crippen LogP contribution in [0.15, 0.2) is 42.5 Å². The molecule has 108 valence electrons. The second kappa shape index (κ2) is 5.11. The summed E-state index contributed by atoms with van der Waals surface area (Å²) in [6.07, 6.45) is 8.53. The van der Waals surface area contributed by atoms with Gasteiger partial charge in [0.05, 0.1) is 14.7 Å². The van der Waals surface area contributed by atoms with Crippen molar-refractivity contribution >= 4 is 26.4 Å². The van der Waals surface area contributed by atoms with Gasteiger partial charge in [-0.1, -0.05) is 55.1 Å². The Kier molecular flexibility index (Phi) is 3.24. The highest BCUT2D eigenvalue weighted by Crippen LogP contribution is 2.44. The van der Waals surface area contributed by atoms with Gasteiger partial charge in [0.1, 0.15) is 0 Å². The first-order valence-electron chi connectivity index (χ1n) is 8.18. The molecule has 2 aliphatic rings. The summed E-state index contributed by atoms with van der Waals surface area (Å²) < 4.78 is 6.41. The maximum absolute atomic E-state index is 6.41. The smallest absolute Gasteiger partial charge is 0.0618 e. The van der Waals surface area contributed by atoms with Crippen molar-refractivity contribution in [3.05, 3.63) is 53.6 Å². The maximum Gasteiger partial charge on any atom is 0.0618 e. The maximum atomic E-state index is 6.41. The number of benzene rings is 2. The van der Waals surface area contributed by atoms with Crippen molar-refractivity contribution in [2.24, 2.45) is 0 Å². The summed E-state index contributed by atoms with van der Waals surface area (Å²) in [5.41, 5.74) is 2.85. The molecule has 0 saturated carbocycles. The molecular weight excluding hydrogens is 272 g/mol. The van der Waals surface area contributed by atoms with Crippen molar-refractivity contribution in [2.45, 2.75) is 37.0 Å². The van der Waals surface area contributed by atoms with Gasteiger partial charge >= 0.3 is 0 Å². The molecular formula is C19H22OSi. The first-order chi connectivity index (χ1) is 10.3. The molecule has 0 amide bonds. The van der Waals surface area contributed by atoms with Gasteiger partial charge in [-0.15, -0.1) is 0 Å². The van der Waals surface area contributed by atoms with Crippen LogP contribution >= 0.6 is 0 Å². The van der Waals surface area contributed by atoms with Crippen molar-refractivity contribution in [3.8, 4) is 0 Å². The third-order valence-corrected chi connectivity index (χ3v) is 7.52. The summed E-state index contributed by atoms with van der Waals surface area (Å²) in [6.45, 7) is 3.36. The number of hydrogen-bond donors (Lipinski definition) is 0. The SMILES string of the molecule is C[SiH2]C1(C2C=Cc3cccc4cccc2c34)CCCCO1. The van der Waals surface area contributed by atoms with Gasteiger partial charge in [-0.2, -0.15) is 0 Å². The molecule has 2 aromatic rings. The first-order valence-corrected chi connectivity index (χ1v) is 10.3. The normalized spacial score (nSPS) is 28.5. The Balaban J connectivity index is 1.89. The molecule has 0 spiro atoms. The van der Waals surface area contributed by atoms with Crippen LogP contribution in [-0.4, -0.2) is 21.4 Å². The average Bonchev–Trinajstić information content (AvgIpc) is 2.56. The Hall–Kier alpha value is -1.38. The lowest BCUT2D eigenvalue weighted by atomic mass is 9.80. The molecule has 1 saturated heterocycles. The lowest BCUT2D eigenvalue weighted by molar-refractivity contribution is -0.0285. The van der Waals surface area contributed by atoms with E-state index in [2.05, 4.69) is 55.1 Å². The minimum Gasteiger partial charge on any atom is -0.378 e. The Labute approximate surface area is 128 Å². The minimum absolute atomic E-state index is 0.135. The molecule has 0 radical (unpaired) electrons. The fourth-order valence-electron chi connectivity index (χ4n) is 4.18. The number of ether oxygens (including phenoxy) is 1. The van der Waals surface area contributed by atoms with Gasteiger partial charge in [0.15, 0.2) is 0 Å². The Morgan fingerprint density at radius 3 is 2.76 bits per heavy atom. The topological polar surface area (TPSA) is 9.23 Å². The Morgan fingerprint density at radius 2 is 2.00 bits per heavy atom. The van der Waals surface area contributed by atoms with E-state index in [4.69, 9.17) is 4.74 Å². The zero-order valence-corrected chi connectivity index (χ0v) is 14.1. The minimum atomic E-state index is -0.251. The summed E-state index contributed by atoms with van der Waals surface area (Å²) in [4.78, 5) is 0. The predicted octanol–water partition coefficient (Wildman–Crippen LogP) is 4.06. The molecule has 2 unspecified atom stereocenters. The molecule has 2 atom stereocenters. The van der Waals surface area contributed by atoms with Crippen molar-refractivity contribution in [1.82, 2.24) is 0 Å². The molecule has 1 fully saturated rings. The van der Waals surface area contributed by atoms with E-state index in [-0.39, 0.29) is 14.7 Å². The largest absolute Gasteiger partial charge is 0.378 e. The van der Waals surface area contributed by atoms with Crippen LogP contribution in [0.2, 0.25) is 6.55 Å². The zero-order valence-electron chi connectivity index (χ0n) is 12.6. The summed E-state index contributed by atoms with van der Waals surface area (Å²) in [5, 5.41) is 2.95. The van der Waals surface area contributed by atoms with E-state index < -0.39 is 0 Å². The summed E-state index contributed by atoms with van der Waals surface area (Å²) in [7, 11) is -0.251. The quantitative estimate of drug-likeness (QED) is 0.759. The molecule has 1 nitrogen and oxygen atoms in total. The third kappa shape index (κ3) is 2.01. The van der Waals surface area contributed by atoms with Crippen LogP contribution in [0.25, 0.3) is 16.8 Å². The molecule has 2 aromatic carbocycles. The van der Waals surface area contributed by atoms with Crippen LogP contribution in [0.1, 0.15) is 36.3 Å². The first kappa shape index (κ1) is 13.3. The van der Waals surface area contributed by atoms with Crippen LogP contribution in [0, 0.1) is 0 Å². The van der Waals surface area contributed by atoms with Gasteiger partial charge in [-0.05, 0) is 41.2 Å². The van der Waals surface area contributed by atoms with Gasteiger partial charge < -0.3 is 4.74 Å². The van der Waals surface area contributed by atoms with Gasteiger partial charge in [0, 0.05) is 12.5 Å². The summed E-state index contributed by atoms with van der Waals surface area (Å²) in [5.74, 6) is 0.452. The van der Waals surface area contributed by atoms with E-state index >= 15 is 0 Å². The molecule has 0 aromatic heterocycles. The lowest BCUT2D eigenvalue weighted by Gasteiger charge is -2.43. The van der Waals surface area contributed by atoms with E-state index in [0.717, 1.165) is 6.61 Å². The van der Waals surface area contributed by atoms with Gasteiger partial charge in [0.25, 0.3) is 0 Å². The monoisotopic (exact) mass is 294 g/mol. The molecule has 2 heteroatoms. The highest BCUT2D eigenvalue weighted by atomic mass is 28.2. The average molecular weight is 294 g/mol. The van der Waals surface area contributed by atoms with Crippen LogP contribution in [-0.2, 0) is 4.74 Å². The second-order valence-corrected chi connectivity index (χ2v) is 8.26.